The number of nitrogens with zero attached hydrogens (tertiary/aromatic N) is 3. The molecule has 2 fully saturated rings. The topological polar surface area (TPSA) is 117 Å². The van der Waals surface area contributed by atoms with Crippen LogP contribution >= 0.6 is 0 Å². The lowest BCUT2D eigenvalue weighted by atomic mass is 9.95. The quantitative estimate of drug-likeness (QED) is 0.166. The van der Waals surface area contributed by atoms with Gasteiger partial charge in [-0.1, -0.05) is 12.1 Å². The van der Waals surface area contributed by atoms with Crippen LogP contribution in [0, 0.1) is 17.6 Å². The van der Waals surface area contributed by atoms with Crippen molar-refractivity contribution >= 4 is 38.4 Å². The zero-order valence-corrected chi connectivity index (χ0v) is 26.7. The number of piperidine rings is 1. The summed E-state index contributed by atoms with van der Waals surface area (Å²) >= 11 is 0. The number of ketones is 1. The van der Waals surface area contributed by atoms with Gasteiger partial charge in [0, 0.05) is 80.4 Å². The van der Waals surface area contributed by atoms with E-state index >= 15 is 8.78 Å². The molecular weight excluding hydrogens is 616 g/mol. The number of rotatable bonds is 10. The molecule has 2 saturated heterocycles. The van der Waals surface area contributed by atoms with Crippen LogP contribution in [0.25, 0.3) is 22.2 Å². The Hall–Kier alpha value is -3.91. The van der Waals surface area contributed by atoms with Gasteiger partial charge in [0.25, 0.3) is 0 Å². The van der Waals surface area contributed by atoms with Gasteiger partial charge in [-0.3, -0.25) is 9.52 Å². The zero-order valence-electron chi connectivity index (χ0n) is 25.9. The average Bonchev–Trinajstić information content (AvgIpc) is 3.70. The van der Waals surface area contributed by atoms with Crippen LogP contribution in [0.4, 0.5) is 20.2 Å². The summed E-state index contributed by atoms with van der Waals surface area (Å²) in [4.78, 5) is 23.3. The van der Waals surface area contributed by atoms with Crippen molar-refractivity contribution in [3.8, 4) is 11.1 Å². The van der Waals surface area contributed by atoms with Crippen molar-refractivity contribution in [3.05, 3.63) is 77.6 Å². The third-order valence-corrected chi connectivity index (χ3v) is 10.7. The number of halogens is 2. The maximum absolute atomic E-state index is 15.7. The SMILES string of the molecule is COC(OC)C1CCN(c2ccc(-c3cnc4[nH]cc(C(=O)c5c(F)ccc(NS(=O)(=O)N6CCC[C@@H]6C)c5F)c4c3)cc2)CC1. The molecule has 2 aromatic heterocycles. The number of hydrogen-bond donors (Lipinski definition) is 2. The summed E-state index contributed by atoms with van der Waals surface area (Å²) in [6.07, 6.45) is 6.09. The van der Waals surface area contributed by atoms with Crippen LogP contribution in [-0.4, -0.2) is 74.7 Å². The summed E-state index contributed by atoms with van der Waals surface area (Å²) < 4.78 is 70.8. The van der Waals surface area contributed by atoms with Crippen LogP contribution in [0.2, 0.25) is 0 Å². The molecule has 2 N–H and O–H groups in total. The second kappa shape index (κ2) is 13.1. The molecule has 0 amide bonds. The molecule has 0 radical (unpaired) electrons. The van der Waals surface area contributed by atoms with Gasteiger partial charge in [-0.25, -0.2) is 13.8 Å². The van der Waals surface area contributed by atoms with Gasteiger partial charge in [0.05, 0.1) is 11.3 Å². The molecule has 0 unspecified atom stereocenters. The largest absolute Gasteiger partial charge is 0.372 e. The molecule has 0 spiro atoms. The van der Waals surface area contributed by atoms with Gasteiger partial charge >= 0.3 is 10.2 Å². The predicted molar refractivity (Wildman–Crippen MR) is 172 cm³/mol. The van der Waals surface area contributed by atoms with E-state index in [0.717, 1.165) is 54.9 Å². The number of aromatic nitrogens is 2. The van der Waals surface area contributed by atoms with E-state index in [4.69, 9.17) is 9.47 Å². The summed E-state index contributed by atoms with van der Waals surface area (Å²) in [5, 5.41) is 0.384. The highest BCUT2D eigenvalue weighted by molar-refractivity contribution is 7.90. The Morgan fingerprint density at radius 2 is 1.74 bits per heavy atom. The third-order valence-electron chi connectivity index (χ3n) is 9.09. The minimum atomic E-state index is -4.10. The molecule has 244 valence electrons. The summed E-state index contributed by atoms with van der Waals surface area (Å²) in [7, 11) is -0.779. The number of ether oxygens (including phenoxy) is 2. The number of pyridine rings is 1. The molecule has 4 heterocycles. The predicted octanol–water partition coefficient (Wildman–Crippen LogP) is 5.72. The Bertz CT molecular complexity index is 1840. The first kappa shape index (κ1) is 32.0. The van der Waals surface area contributed by atoms with Crippen LogP contribution in [0.1, 0.15) is 48.5 Å². The van der Waals surface area contributed by atoms with Gasteiger partial charge < -0.3 is 19.4 Å². The van der Waals surface area contributed by atoms with E-state index in [1.807, 2.05) is 24.3 Å². The highest BCUT2D eigenvalue weighted by Gasteiger charge is 2.33. The molecule has 2 aliphatic rings. The van der Waals surface area contributed by atoms with E-state index in [-0.39, 0.29) is 17.9 Å². The fourth-order valence-corrected chi connectivity index (χ4v) is 8.06. The summed E-state index contributed by atoms with van der Waals surface area (Å²) in [5.74, 6) is -2.97. The number of methoxy groups -OCH3 is 2. The molecule has 1 atom stereocenters. The Morgan fingerprint density at radius 1 is 1.02 bits per heavy atom. The first-order chi connectivity index (χ1) is 22.1. The maximum Gasteiger partial charge on any atom is 0.301 e. The van der Waals surface area contributed by atoms with E-state index in [9.17, 15) is 13.2 Å². The molecule has 0 saturated carbocycles. The smallest absolute Gasteiger partial charge is 0.301 e. The number of aromatic amines is 1. The monoisotopic (exact) mass is 653 g/mol. The lowest BCUT2D eigenvalue weighted by molar-refractivity contribution is -0.141. The zero-order chi connectivity index (χ0) is 32.6. The van der Waals surface area contributed by atoms with Crippen molar-refractivity contribution in [1.29, 1.82) is 0 Å². The van der Waals surface area contributed by atoms with Gasteiger partial charge in [0.1, 0.15) is 11.5 Å². The minimum absolute atomic E-state index is 0.0141. The lowest BCUT2D eigenvalue weighted by Gasteiger charge is -2.36. The van der Waals surface area contributed by atoms with Gasteiger partial charge in [0.15, 0.2) is 12.1 Å². The fourth-order valence-electron chi connectivity index (χ4n) is 6.56. The normalized spacial score (nSPS) is 18.1. The molecule has 13 heteroatoms. The number of carbonyl (C=O) groups is 1. The second-order valence-electron chi connectivity index (χ2n) is 11.9. The van der Waals surface area contributed by atoms with Gasteiger partial charge in [-0.2, -0.15) is 12.7 Å². The maximum atomic E-state index is 15.7. The number of anilines is 2. The third kappa shape index (κ3) is 6.11. The van der Waals surface area contributed by atoms with Crippen molar-refractivity contribution in [2.24, 2.45) is 5.92 Å². The molecule has 0 bridgehead atoms. The van der Waals surface area contributed by atoms with E-state index in [1.54, 1.807) is 33.4 Å². The first-order valence-corrected chi connectivity index (χ1v) is 16.8. The van der Waals surface area contributed by atoms with Crippen LogP contribution < -0.4 is 9.62 Å². The second-order valence-corrected chi connectivity index (χ2v) is 13.5. The van der Waals surface area contributed by atoms with Crippen LogP contribution in [0.5, 0.6) is 0 Å². The highest BCUT2D eigenvalue weighted by atomic mass is 32.2. The van der Waals surface area contributed by atoms with Crippen LogP contribution in [0.15, 0.2) is 54.9 Å². The highest BCUT2D eigenvalue weighted by Crippen LogP contribution is 2.32. The molecule has 4 aromatic rings. The Balaban J connectivity index is 1.23. The van der Waals surface area contributed by atoms with Crippen molar-refractivity contribution in [3.63, 3.8) is 0 Å². The lowest BCUT2D eigenvalue weighted by Crippen LogP contribution is -2.39. The Kier molecular flexibility index (Phi) is 9.10. The van der Waals surface area contributed by atoms with Gasteiger partial charge in [-0.05, 0) is 68.5 Å². The number of carbonyl (C=O) groups excluding carboxylic acids is 1. The van der Waals surface area contributed by atoms with Crippen molar-refractivity contribution in [2.75, 3.05) is 43.5 Å². The van der Waals surface area contributed by atoms with Crippen LogP contribution in [-0.2, 0) is 19.7 Å². The summed E-state index contributed by atoms with van der Waals surface area (Å²) in [6.45, 7) is 3.81. The molecular formula is C33H37F2N5O5S. The molecule has 0 aliphatic carbocycles. The standard InChI is InChI=1S/C33H37F2N5O5S/c1-20-5-4-14-40(20)46(42,43)38-28-11-10-27(34)29(30(28)35)31(41)26-19-37-32-25(26)17-23(18-36-32)21-6-8-24(9-7-21)39-15-12-22(13-16-39)33(44-2)45-3/h6-11,17-20,22,33,38H,4-5,12-16H2,1-3H3,(H,36,37)/t20-/m0/s1. The number of hydrogen-bond acceptors (Lipinski definition) is 7. The number of fused-ring (bicyclic) bond motifs is 1. The van der Waals surface area contributed by atoms with Crippen LogP contribution in [0.3, 0.4) is 0 Å². The number of nitrogens with one attached hydrogen (secondary N) is 2. The van der Waals surface area contributed by atoms with Crippen molar-refractivity contribution in [1.82, 2.24) is 14.3 Å². The molecule has 2 aromatic carbocycles. The minimum Gasteiger partial charge on any atom is -0.372 e. The molecule has 2 aliphatic heterocycles. The Morgan fingerprint density at radius 3 is 2.39 bits per heavy atom. The Labute approximate surface area is 266 Å². The van der Waals surface area contributed by atoms with E-state index in [1.165, 1.54) is 10.5 Å². The molecule has 46 heavy (non-hydrogen) atoms. The molecule has 6 rings (SSSR count). The van der Waals surface area contributed by atoms with Crippen molar-refractivity contribution < 1.29 is 31.5 Å². The summed E-state index contributed by atoms with van der Waals surface area (Å²) in [5.41, 5.74) is 1.70. The molecule has 10 nitrogen and oxygen atoms in total. The number of benzene rings is 2. The van der Waals surface area contributed by atoms with E-state index < -0.39 is 38.9 Å². The number of H-pyrrole nitrogens is 1. The van der Waals surface area contributed by atoms with E-state index in [0.29, 0.717) is 36.3 Å². The van der Waals surface area contributed by atoms with Gasteiger partial charge in [-0.15, -0.1) is 0 Å². The van der Waals surface area contributed by atoms with Crippen molar-refractivity contribution in [2.45, 2.75) is 44.9 Å². The van der Waals surface area contributed by atoms with E-state index in [2.05, 4.69) is 19.6 Å². The van der Waals surface area contributed by atoms with Gasteiger partial charge in [0.2, 0.25) is 5.78 Å². The average molecular weight is 654 g/mol. The first-order valence-electron chi connectivity index (χ1n) is 15.3. The fraction of sp³-hybridized carbons (Fsp3) is 0.394. The summed E-state index contributed by atoms with van der Waals surface area (Å²) in [6, 6.07) is 11.4.